The van der Waals surface area contributed by atoms with Crippen LogP contribution in [0.4, 0.5) is 0 Å². The summed E-state index contributed by atoms with van der Waals surface area (Å²) < 4.78 is 0. The van der Waals surface area contributed by atoms with Crippen molar-refractivity contribution in [1.29, 1.82) is 5.26 Å². The lowest BCUT2D eigenvalue weighted by atomic mass is 10.0. The van der Waals surface area contributed by atoms with Gasteiger partial charge in [-0.3, -0.25) is 4.79 Å². The van der Waals surface area contributed by atoms with E-state index in [4.69, 9.17) is 15.8 Å². The molecule has 1 amide bonds. The molecule has 80 valence electrons. The Hall–Kier alpha value is -2.35. The van der Waals surface area contributed by atoms with Gasteiger partial charge in [0.15, 0.2) is 0 Å². The van der Waals surface area contributed by atoms with Crippen LogP contribution >= 0.6 is 0 Å². The number of hydrogen-bond acceptors (Lipinski definition) is 4. The van der Waals surface area contributed by atoms with Crippen molar-refractivity contribution >= 4 is 11.6 Å². The molecule has 0 aromatic heterocycles. The zero-order valence-corrected chi connectivity index (χ0v) is 8.38. The van der Waals surface area contributed by atoms with E-state index in [2.05, 4.69) is 5.16 Å². The van der Waals surface area contributed by atoms with Gasteiger partial charge in [-0.05, 0) is 17.7 Å². The molecule has 1 unspecified atom stereocenters. The van der Waals surface area contributed by atoms with Crippen molar-refractivity contribution < 1.29 is 9.63 Å². The molecular formula is C11H9N3O2. The molecule has 0 radical (unpaired) electrons. The number of primary amides is 1. The Morgan fingerprint density at radius 2 is 2.19 bits per heavy atom. The first-order valence-electron chi connectivity index (χ1n) is 4.73. The molecule has 16 heavy (non-hydrogen) atoms. The fraction of sp³-hybridized carbons (Fsp3) is 0.182. The second-order valence-electron chi connectivity index (χ2n) is 3.43. The molecule has 0 spiro atoms. The van der Waals surface area contributed by atoms with Gasteiger partial charge in [0.05, 0.1) is 17.3 Å². The molecule has 1 aromatic rings. The van der Waals surface area contributed by atoms with Crippen LogP contribution in [0, 0.1) is 11.3 Å². The molecule has 0 saturated heterocycles. The predicted octanol–water partition coefficient (Wildman–Crippen LogP) is 0.537. The summed E-state index contributed by atoms with van der Waals surface area (Å²) in [7, 11) is 0. The van der Waals surface area contributed by atoms with Gasteiger partial charge in [0.1, 0.15) is 0 Å². The lowest BCUT2D eigenvalue weighted by Crippen LogP contribution is -2.28. The van der Waals surface area contributed by atoms with E-state index in [0.29, 0.717) is 17.7 Å². The van der Waals surface area contributed by atoms with Gasteiger partial charge in [-0.1, -0.05) is 17.3 Å². The van der Waals surface area contributed by atoms with Gasteiger partial charge in [-0.2, -0.15) is 5.26 Å². The summed E-state index contributed by atoms with van der Waals surface area (Å²) in [6, 6.07) is 8.94. The fourth-order valence-corrected chi connectivity index (χ4v) is 1.44. The highest BCUT2D eigenvalue weighted by Crippen LogP contribution is 2.16. The first kappa shape index (κ1) is 10.2. The molecule has 0 aliphatic carbocycles. The molecule has 2 N–H and O–H groups in total. The third-order valence-corrected chi connectivity index (χ3v) is 2.33. The van der Waals surface area contributed by atoms with E-state index in [1.807, 2.05) is 6.07 Å². The molecule has 5 heteroatoms. The average molecular weight is 215 g/mol. The van der Waals surface area contributed by atoms with Crippen molar-refractivity contribution in [3.63, 3.8) is 0 Å². The van der Waals surface area contributed by atoms with Crippen LogP contribution in [0.15, 0.2) is 29.4 Å². The van der Waals surface area contributed by atoms with E-state index < -0.39 is 12.0 Å². The zero-order valence-electron chi connectivity index (χ0n) is 8.38. The zero-order chi connectivity index (χ0) is 11.5. The van der Waals surface area contributed by atoms with Crippen LogP contribution in [0.2, 0.25) is 0 Å². The van der Waals surface area contributed by atoms with Gasteiger partial charge in [0.25, 0.3) is 5.91 Å². The van der Waals surface area contributed by atoms with E-state index in [-0.39, 0.29) is 0 Å². The molecule has 0 saturated carbocycles. The first-order valence-corrected chi connectivity index (χ1v) is 4.73. The molecule has 2 rings (SSSR count). The number of carbonyl (C=O) groups is 1. The van der Waals surface area contributed by atoms with Crippen molar-refractivity contribution in [2.75, 3.05) is 0 Å². The Bertz CT molecular complexity index is 485. The molecule has 1 aliphatic heterocycles. The minimum absolute atomic E-state index is 0.376. The lowest BCUT2D eigenvalue weighted by molar-refractivity contribution is -0.127. The maximum Gasteiger partial charge on any atom is 0.261 e. The van der Waals surface area contributed by atoms with E-state index >= 15 is 0 Å². The number of rotatable bonds is 2. The number of hydrogen-bond donors (Lipinski definition) is 1. The van der Waals surface area contributed by atoms with E-state index in [1.54, 1.807) is 24.3 Å². The van der Waals surface area contributed by atoms with Crippen molar-refractivity contribution in [2.45, 2.75) is 12.5 Å². The van der Waals surface area contributed by atoms with Gasteiger partial charge in [-0.15, -0.1) is 0 Å². The second-order valence-corrected chi connectivity index (χ2v) is 3.43. The van der Waals surface area contributed by atoms with Gasteiger partial charge >= 0.3 is 0 Å². The monoisotopic (exact) mass is 215 g/mol. The predicted molar refractivity (Wildman–Crippen MR) is 56.4 cm³/mol. The molecule has 1 atom stereocenters. The van der Waals surface area contributed by atoms with Crippen LogP contribution in [-0.4, -0.2) is 17.7 Å². The van der Waals surface area contributed by atoms with E-state index in [0.717, 1.165) is 5.56 Å². The Morgan fingerprint density at radius 3 is 2.69 bits per heavy atom. The van der Waals surface area contributed by atoms with Crippen LogP contribution in [0.3, 0.4) is 0 Å². The summed E-state index contributed by atoms with van der Waals surface area (Å²) in [6.45, 7) is 0. The maximum absolute atomic E-state index is 10.9. The molecule has 1 aromatic carbocycles. The SMILES string of the molecule is N#Cc1ccc(C2=NOC(C(N)=O)C2)cc1. The average Bonchev–Trinajstić information content (AvgIpc) is 2.78. The fourth-order valence-electron chi connectivity index (χ4n) is 1.44. The number of nitriles is 1. The highest BCUT2D eigenvalue weighted by Gasteiger charge is 2.26. The van der Waals surface area contributed by atoms with Gasteiger partial charge in [0.2, 0.25) is 6.10 Å². The van der Waals surface area contributed by atoms with Crippen LogP contribution in [0.1, 0.15) is 17.5 Å². The van der Waals surface area contributed by atoms with Crippen molar-refractivity contribution in [2.24, 2.45) is 10.9 Å². The van der Waals surface area contributed by atoms with Crippen LogP contribution in [0.5, 0.6) is 0 Å². The number of oxime groups is 1. The summed E-state index contributed by atoms with van der Waals surface area (Å²) in [5, 5.41) is 12.4. The largest absolute Gasteiger partial charge is 0.382 e. The third-order valence-electron chi connectivity index (χ3n) is 2.33. The van der Waals surface area contributed by atoms with Crippen LogP contribution in [0.25, 0.3) is 0 Å². The summed E-state index contributed by atoms with van der Waals surface area (Å²) in [5.41, 5.74) is 7.19. The molecule has 0 fully saturated rings. The summed E-state index contributed by atoms with van der Waals surface area (Å²) in [4.78, 5) is 15.7. The van der Waals surface area contributed by atoms with Crippen LogP contribution < -0.4 is 5.73 Å². The van der Waals surface area contributed by atoms with Crippen LogP contribution in [-0.2, 0) is 9.63 Å². The molecule has 1 aliphatic rings. The van der Waals surface area contributed by atoms with Gasteiger partial charge in [-0.25, -0.2) is 0 Å². The lowest BCUT2D eigenvalue weighted by Gasteiger charge is -2.01. The molecule has 1 heterocycles. The Labute approximate surface area is 92.1 Å². The quantitative estimate of drug-likeness (QED) is 0.780. The minimum Gasteiger partial charge on any atom is -0.382 e. The Balaban J connectivity index is 2.15. The van der Waals surface area contributed by atoms with Crippen molar-refractivity contribution in [3.05, 3.63) is 35.4 Å². The van der Waals surface area contributed by atoms with Gasteiger partial charge < -0.3 is 10.6 Å². The summed E-state index contributed by atoms with van der Waals surface area (Å²) in [5.74, 6) is -0.521. The van der Waals surface area contributed by atoms with Crippen molar-refractivity contribution in [1.82, 2.24) is 0 Å². The Morgan fingerprint density at radius 1 is 1.50 bits per heavy atom. The normalized spacial score (nSPS) is 18.4. The first-order chi connectivity index (χ1) is 7.70. The number of benzene rings is 1. The smallest absolute Gasteiger partial charge is 0.261 e. The van der Waals surface area contributed by atoms with Crippen molar-refractivity contribution in [3.8, 4) is 6.07 Å². The molecular weight excluding hydrogens is 206 g/mol. The number of nitrogens with zero attached hydrogens (tertiary/aromatic N) is 2. The number of amides is 1. The van der Waals surface area contributed by atoms with E-state index in [1.165, 1.54) is 0 Å². The minimum atomic E-state index is -0.675. The highest BCUT2D eigenvalue weighted by atomic mass is 16.6. The van der Waals surface area contributed by atoms with E-state index in [9.17, 15) is 4.79 Å². The molecule has 5 nitrogen and oxygen atoms in total. The number of nitrogens with two attached hydrogens (primary N) is 1. The van der Waals surface area contributed by atoms with Gasteiger partial charge in [0, 0.05) is 6.42 Å². The summed E-state index contributed by atoms with van der Waals surface area (Å²) >= 11 is 0. The summed E-state index contributed by atoms with van der Waals surface area (Å²) in [6.07, 6.45) is -0.299. The topological polar surface area (TPSA) is 88.5 Å². The Kier molecular flexibility index (Phi) is 2.56. The molecule has 0 bridgehead atoms. The number of carbonyl (C=O) groups excluding carboxylic acids is 1. The second kappa shape index (κ2) is 4.03. The standard InChI is InChI=1S/C11H9N3O2/c12-6-7-1-3-8(4-2-7)9-5-10(11(13)15)16-14-9/h1-4,10H,5H2,(H2,13,15). The third kappa shape index (κ3) is 1.86. The highest BCUT2D eigenvalue weighted by molar-refractivity contribution is 6.03. The maximum atomic E-state index is 10.9.